The average molecular weight is 293 g/mol. The van der Waals surface area contributed by atoms with E-state index in [4.69, 9.17) is 21.1 Å². The maximum Gasteiger partial charge on any atom is 0.150 e. The van der Waals surface area contributed by atoms with Crippen LogP contribution in [-0.4, -0.2) is 19.5 Å². The first-order chi connectivity index (χ1) is 9.65. The number of carbonyl (C=O) groups excluding carboxylic acids is 1. The van der Waals surface area contributed by atoms with Crippen molar-refractivity contribution in [2.75, 3.05) is 7.11 Å². The minimum absolute atomic E-state index is 0.166. The molecule has 0 aliphatic heterocycles. The van der Waals surface area contributed by atoms with E-state index in [-0.39, 0.29) is 6.10 Å². The fraction of sp³-hybridized carbons (Fsp3) is 0.312. The number of hydrogen-bond donors (Lipinski definition) is 0. The summed E-state index contributed by atoms with van der Waals surface area (Å²) in [5.41, 5.74) is 1.55. The van der Waals surface area contributed by atoms with E-state index in [1.807, 2.05) is 13.0 Å². The molecule has 0 saturated heterocycles. The van der Waals surface area contributed by atoms with Crippen molar-refractivity contribution >= 4 is 17.9 Å². The summed E-state index contributed by atoms with van der Waals surface area (Å²) in [4.78, 5) is 10.7. The van der Waals surface area contributed by atoms with E-state index in [2.05, 4.69) is 6.08 Å². The van der Waals surface area contributed by atoms with Crippen molar-refractivity contribution in [1.29, 1.82) is 0 Å². The standard InChI is InChI=1S/C16H17ClO3/c1-11(13-5-3-4-6-15(13)19-2)20-16-8-7-12(10-18)9-14(16)17/h3,5,7-11H,4,6H2,1-2H3. The van der Waals surface area contributed by atoms with E-state index in [0.29, 0.717) is 16.3 Å². The highest BCUT2D eigenvalue weighted by molar-refractivity contribution is 6.32. The zero-order valence-electron chi connectivity index (χ0n) is 11.6. The van der Waals surface area contributed by atoms with E-state index in [9.17, 15) is 4.79 Å². The molecule has 0 heterocycles. The highest BCUT2D eigenvalue weighted by Crippen LogP contribution is 2.29. The quantitative estimate of drug-likeness (QED) is 0.764. The highest BCUT2D eigenvalue weighted by atomic mass is 35.5. The molecule has 20 heavy (non-hydrogen) atoms. The van der Waals surface area contributed by atoms with Gasteiger partial charge in [0.1, 0.15) is 23.9 Å². The molecule has 3 nitrogen and oxygen atoms in total. The molecule has 1 aliphatic rings. The molecule has 1 aromatic carbocycles. The van der Waals surface area contributed by atoms with E-state index in [1.54, 1.807) is 25.3 Å². The van der Waals surface area contributed by atoms with Gasteiger partial charge in [-0.05, 0) is 31.5 Å². The Balaban J connectivity index is 2.19. The van der Waals surface area contributed by atoms with Crippen LogP contribution in [0.3, 0.4) is 0 Å². The summed E-state index contributed by atoms with van der Waals surface area (Å²) in [6.45, 7) is 1.95. The molecule has 1 atom stereocenters. The Morgan fingerprint density at radius 3 is 2.85 bits per heavy atom. The minimum Gasteiger partial charge on any atom is -0.501 e. The second-order valence-electron chi connectivity index (χ2n) is 4.59. The number of halogens is 1. The van der Waals surface area contributed by atoms with Gasteiger partial charge in [-0.15, -0.1) is 0 Å². The second-order valence-corrected chi connectivity index (χ2v) is 5.00. The fourth-order valence-corrected chi connectivity index (χ4v) is 2.42. The first-order valence-electron chi connectivity index (χ1n) is 6.50. The molecule has 0 N–H and O–H groups in total. The van der Waals surface area contributed by atoms with Gasteiger partial charge in [0.15, 0.2) is 0 Å². The van der Waals surface area contributed by atoms with Crippen LogP contribution in [0.5, 0.6) is 5.75 Å². The lowest BCUT2D eigenvalue weighted by molar-refractivity contribution is 0.112. The van der Waals surface area contributed by atoms with Crippen molar-refractivity contribution in [3.05, 3.63) is 52.3 Å². The number of allylic oxidation sites excluding steroid dienone is 2. The van der Waals surface area contributed by atoms with Gasteiger partial charge in [0.25, 0.3) is 0 Å². The van der Waals surface area contributed by atoms with Gasteiger partial charge < -0.3 is 9.47 Å². The topological polar surface area (TPSA) is 35.5 Å². The number of carbonyl (C=O) groups is 1. The third kappa shape index (κ3) is 3.23. The molecule has 0 radical (unpaired) electrons. The summed E-state index contributed by atoms with van der Waals surface area (Å²) in [5, 5.41) is 0.431. The Morgan fingerprint density at radius 2 is 2.20 bits per heavy atom. The lowest BCUT2D eigenvalue weighted by atomic mass is 10.0. The Hall–Kier alpha value is -1.74. The van der Waals surface area contributed by atoms with E-state index < -0.39 is 0 Å². The number of hydrogen-bond acceptors (Lipinski definition) is 3. The van der Waals surface area contributed by atoms with E-state index >= 15 is 0 Å². The first-order valence-corrected chi connectivity index (χ1v) is 6.88. The molecule has 0 saturated carbocycles. The van der Waals surface area contributed by atoms with Gasteiger partial charge in [-0.3, -0.25) is 4.79 Å². The van der Waals surface area contributed by atoms with Crippen LogP contribution >= 0.6 is 11.6 Å². The Labute approximate surface area is 123 Å². The van der Waals surface area contributed by atoms with Gasteiger partial charge in [-0.1, -0.05) is 23.8 Å². The van der Waals surface area contributed by atoms with Gasteiger partial charge >= 0.3 is 0 Å². The molecule has 2 rings (SSSR count). The zero-order chi connectivity index (χ0) is 14.5. The summed E-state index contributed by atoms with van der Waals surface area (Å²) in [6.07, 6.45) is 6.59. The van der Waals surface area contributed by atoms with Gasteiger partial charge in [-0.2, -0.15) is 0 Å². The molecule has 4 heteroatoms. The third-order valence-electron chi connectivity index (χ3n) is 3.24. The Kier molecular flexibility index (Phi) is 4.85. The Bertz CT molecular complexity index is 561. The van der Waals surface area contributed by atoms with Crippen LogP contribution in [0.2, 0.25) is 5.02 Å². The van der Waals surface area contributed by atoms with Crippen LogP contribution in [0.15, 0.2) is 41.7 Å². The van der Waals surface area contributed by atoms with Crippen LogP contribution in [0, 0.1) is 0 Å². The number of rotatable bonds is 5. The van der Waals surface area contributed by atoms with Gasteiger partial charge in [0.2, 0.25) is 0 Å². The molecular weight excluding hydrogens is 276 g/mol. The molecule has 0 bridgehead atoms. The van der Waals surface area contributed by atoms with E-state index in [1.165, 1.54) is 0 Å². The summed E-state index contributed by atoms with van der Waals surface area (Å²) >= 11 is 6.11. The highest BCUT2D eigenvalue weighted by Gasteiger charge is 2.18. The lowest BCUT2D eigenvalue weighted by Gasteiger charge is -2.22. The predicted octanol–water partition coefficient (Wildman–Crippen LogP) is 4.17. The summed E-state index contributed by atoms with van der Waals surface area (Å²) in [6, 6.07) is 4.99. The SMILES string of the molecule is COC1=C(C(C)Oc2ccc(C=O)cc2Cl)C=CCC1. The summed E-state index contributed by atoms with van der Waals surface area (Å²) in [5.74, 6) is 1.51. The van der Waals surface area contributed by atoms with Crippen molar-refractivity contribution in [2.45, 2.75) is 25.9 Å². The van der Waals surface area contributed by atoms with Crippen molar-refractivity contribution in [1.82, 2.24) is 0 Å². The number of aldehydes is 1. The fourth-order valence-electron chi connectivity index (χ4n) is 2.18. The molecule has 106 valence electrons. The maximum absolute atomic E-state index is 10.7. The van der Waals surface area contributed by atoms with Gasteiger partial charge in [0.05, 0.1) is 12.1 Å². The van der Waals surface area contributed by atoms with Gasteiger partial charge in [-0.25, -0.2) is 0 Å². The van der Waals surface area contributed by atoms with Crippen LogP contribution in [0.4, 0.5) is 0 Å². The monoisotopic (exact) mass is 292 g/mol. The summed E-state index contributed by atoms with van der Waals surface area (Å²) < 4.78 is 11.3. The smallest absolute Gasteiger partial charge is 0.150 e. The normalized spacial score (nSPS) is 15.9. The first kappa shape index (κ1) is 14.7. The average Bonchev–Trinajstić information content (AvgIpc) is 2.49. The molecule has 0 spiro atoms. The molecule has 1 aliphatic carbocycles. The number of methoxy groups -OCH3 is 1. The van der Waals surface area contributed by atoms with Crippen molar-refractivity contribution in [2.24, 2.45) is 0 Å². The molecule has 1 unspecified atom stereocenters. The van der Waals surface area contributed by atoms with Crippen molar-refractivity contribution < 1.29 is 14.3 Å². The largest absolute Gasteiger partial charge is 0.501 e. The Morgan fingerprint density at radius 1 is 1.40 bits per heavy atom. The predicted molar refractivity (Wildman–Crippen MR) is 79.3 cm³/mol. The molecular formula is C16H17ClO3. The second kappa shape index (κ2) is 6.62. The summed E-state index contributed by atoms with van der Waals surface area (Å²) in [7, 11) is 1.67. The minimum atomic E-state index is -0.166. The van der Waals surface area contributed by atoms with E-state index in [0.717, 1.165) is 30.5 Å². The van der Waals surface area contributed by atoms with Crippen LogP contribution in [0.25, 0.3) is 0 Å². The zero-order valence-corrected chi connectivity index (χ0v) is 12.3. The molecule has 0 fully saturated rings. The molecule has 0 aromatic heterocycles. The maximum atomic E-state index is 10.7. The van der Waals surface area contributed by atoms with Crippen molar-refractivity contribution in [3.63, 3.8) is 0 Å². The van der Waals surface area contributed by atoms with Crippen LogP contribution in [0.1, 0.15) is 30.1 Å². The number of benzene rings is 1. The van der Waals surface area contributed by atoms with Gasteiger partial charge in [0, 0.05) is 17.6 Å². The van der Waals surface area contributed by atoms with Crippen molar-refractivity contribution in [3.8, 4) is 5.75 Å². The third-order valence-corrected chi connectivity index (χ3v) is 3.53. The van der Waals surface area contributed by atoms with Crippen LogP contribution < -0.4 is 4.74 Å². The molecule has 0 amide bonds. The van der Waals surface area contributed by atoms with Crippen LogP contribution in [-0.2, 0) is 4.74 Å². The lowest BCUT2D eigenvalue weighted by Crippen LogP contribution is -2.18. The molecule has 1 aromatic rings. The number of ether oxygens (including phenoxy) is 2.